The van der Waals surface area contributed by atoms with Crippen LogP contribution in [-0.2, 0) is 14.8 Å². The summed E-state index contributed by atoms with van der Waals surface area (Å²) in [6, 6.07) is 2.90. The number of ether oxygens (including phenoxy) is 1. The molecule has 0 atom stereocenters. The van der Waals surface area contributed by atoms with Crippen molar-refractivity contribution in [3.05, 3.63) is 60.3 Å². The minimum Gasteiger partial charge on any atom is -0.495 e. The molecule has 0 radical (unpaired) electrons. The second-order valence-electron chi connectivity index (χ2n) is 4.78. The van der Waals surface area contributed by atoms with Crippen molar-refractivity contribution in [2.45, 2.75) is 0 Å². The number of benzene rings is 1. The predicted octanol–water partition coefficient (Wildman–Crippen LogP) is 1.55. The van der Waals surface area contributed by atoms with Crippen LogP contribution in [0.4, 0.5) is 17.1 Å². The number of anilines is 1. The molecule has 2 rings (SSSR count). The summed E-state index contributed by atoms with van der Waals surface area (Å²) < 4.78 is 28.4. The monoisotopic (exact) mass is 390 g/mol. The lowest BCUT2D eigenvalue weighted by Gasteiger charge is -2.28. The molecule has 0 aromatic heterocycles. The summed E-state index contributed by atoms with van der Waals surface area (Å²) in [6.45, 7) is -0.435. The summed E-state index contributed by atoms with van der Waals surface area (Å²) in [7, 11) is -2.96. The van der Waals surface area contributed by atoms with Gasteiger partial charge in [0.25, 0.3) is 11.4 Å². The molecule has 1 aromatic rings. The first-order valence-corrected chi connectivity index (χ1v) is 8.36. The lowest BCUT2D eigenvalue weighted by atomic mass is 10.2. The summed E-state index contributed by atoms with van der Waals surface area (Å²) >= 11 is 6.07. The Bertz CT molecular complexity index is 925. The Morgan fingerprint density at radius 3 is 2.40 bits per heavy atom. The van der Waals surface area contributed by atoms with Crippen molar-refractivity contribution in [2.24, 2.45) is 5.14 Å². The van der Waals surface area contributed by atoms with Gasteiger partial charge in [0, 0.05) is 12.1 Å². The van der Waals surface area contributed by atoms with Crippen molar-refractivity contribution in [3.8, 4) is 0 Å². The average Bonchev–Trinajstić information content (AvgIpc) is 2.52. The van der Waals surface area contributed by atoms with Crippen LogP contribution in [-0.4, -0.2) is 31.9 Å². The Morgan fingerprint density at radius 1 is 1.28 bits per heavy atom. The van der Waals surface area contributed by atoms with Gasteiger partial charge in [0.2, 0.25) is 10.0 Å². The molecule has 0 saturated carbocycles. The number of halogens is 1. The number of nitro groups is 2. The Hall–Kier alpha value is -2.70. The Kier molecular flexibility index (Phi) is 4.97. The third-order valence-electron chi connectivity index (χ3n) is 3.31. The quantitative estimate of drug-likeness (QED) is 0.450. The first kappa shape index (κ1) is 18.6. The smallest absolute Gasteiger partial charge is 0.299 e. The molecule has 1 heterocycles. The van der Waals surface area contributed by atoms with Crippen LogP contribution in [0.5, 0.6) is 0 Å². The van der Waals surface area contributed by atoms with Gasteiger partial charge in [-0.2, -0.15) is 0 Å². The topological polar surface area (TPSA) is 159 Å². The highest BCUT2D eigenvalue weighted by Crippen LogP contribution is 2.38. The van der Waals surface area contributed by atoms with Gasteiger partial charge in [0.1, 0.15) is 21.5 Å². The van der Waals surface area contributed by atoms with Crippen molar-refractivity contribution in [1.29, 1.82) is 0 Å². The van der Waals surface area contributed by atoms with Crippen LogP contribution in [0.3, 0.4) is 0 Å². The van der Waals surface area contributed by atoms with E-state index in [0.717, 1.165) is 29.2 Å². The number of methoxy groups -OCH3 is 1. The molecule has 134 valence electrons. The van der Waals surface area contributed by atoms with Gasteiger partial charge in [-0.1, -0.05) is 11.6 Å². The molecule has 2 N–H and O–H groups in total. The molecule has 0 bridgehead atoms. The van der Waals surface area contributed by atoms with Crippen LogP contribution in [0.25, 0.3) is 0 Å². The van der Waals surface area contributed by atoms with E-state index in [2.05, 4.69) is 0 Å². The van der Waals surface area contributed by atoms with Gasteiger partial charge in [-0.25, -0.2) is 13.6 Å². The van der Waals surface area contributed by atoms with E-state index >= 15 is 0 Å². The van der Waals surface area contributed by atoms with E-state index in [0.29, 0.717) is 0 Å². The highest BCUT2D eigenvalue weighted by Gasteiger charge is 2.32. The van der Waals surface area contributed by atoms with Gasteiger partial charge in [0.05, 0.1) is 29.6 Å². The molecule has 11 nitrogen and oxygen atoms in total. The number of hydrogen-bond donors (Lipinski definition) is 1. The maximum Gasteiger partial charge on any atom is 0.299 e. The predicted molar refractivity (Wildman–Crippen MR) is 88.2 cm³/mol. The maximum atomic E-state index is 11.7. The van der Waals surface area contributed by atoms with E-state index in [-0.39, 0.29) is 21.5 Å². The first-order chi connectivity index (χ1) is 11.6. The summed E-state index contributed by atoms with van der Waals surface area (Å²) in [6.07, 6.45) is 1.13. The zero-order chi connectivity index (χ0) is 18.9. The fourth-order valence-corrected chi connectivity index (χ4v) is 3.15. The Labute approximate surface area is 146 Å². The van der Waals surface area contributed by atoms with Crippen LogP contribution in [0.1, 0.15) is 0 Å². The van der Waals surface area contributed by atoms with E-state index in [1.165, 1.54) is 7.11 Å². The molecule has 0 amide bonds. The molecular formula is C12H11ClN4O7S. The SMILES string of the molecule is COC1=C(S(N)(=O)=O)CN(c2ccc([N+](=O)[O-])cc2[N+](=O)[O-])C(Cl)=C1. The van der Waals surface area contributed by atoms with Gasteiger partial charge in [-0.15, -0.1) is 0 Å². The third-order valence-corrected chi connectivity index (χ3v) is 4.64. The standard InChI is InChI=1S/C12H11ClN4O7S/c1-24-10-5-12(13)15(6-11(10)25(14,22)23)8-3-2-7(16(18)19)4-9(8)17(20)21/h2-5H,6H2,1H3,(H2,14,22,23). The molecule has 1 aliphatic rings. The normalized spacial score (nSPS) is 15.0. The summed E-state index contributed by atoms with van der Waals surface area (Å²) in [5.74, 6) is -0.103. The van der Waals surface area contributed by atoms with Gasteiger partial charge in [0.15, 0.2) is 0 Å². The number of sulfonamides is 1. The summed E-state index contributed by atoms with van der Waals surface area (Å²) in [4.78, 5) is 21.2. The molecule has 0 fully saturated rings. The maximum absolute atomic E-state index is 11.7. The van der Waals surface area contributed by atoms with Crippen molar-refractivity contribution >= 4 is 38.7 Å². The van der Waals surface area contributed by atoms with Crippen LogP contribution in [0.15, 0.2) is 40.1 Å². The minimum atomic E-state index is -4.17. The van der Waals surface area contributed by atoms with Crippen LogP contribution < -0.4 is 10.0 Å². The van der Waals surface area contributed by atoms with Gasteiger partial charge >= 0.3 is 0 Å². The second kappa shape index (κ2) is 6.66. The van der Waals surface area contributed by atoms with Crippen molar-refractivity contribution in [2.75, 3.05) is 18.6 Å². The van der Waals surface area contributed by atoms with Crippen LogP contribution in [0.2, 0.25) is 0 Å². The average molecular weight is 391 g/mol. The van der Waals surface area contributed by atoms with Gasteiger partial charge in [-0.05, 0) is 6.07 Å². The minimum absolute atomic E-state index is 0.0822. The van der Waals surface area contributed by atoms with Crippen molar-refractivity contribution < 1.29 is 23.0 Å². The van der Waals surface area contributed by atoms with Crippen LogP contribution >= 0.6 is 11.6 Å². The zero-order valence-electron chi connectivity index (χ0n) is 12.6. The number of hydrogen-bond acceptors (Lipinski definition) is 8. The molecule has 13 heteroatoms. The number of rotatable bonds is 5. The van der Waals surface area contributed by atoms with E-state index in [4.69, 9.17) is 21.5 Å². The number of nitro benzene ring substituents is 2. The third kappa shape index (κ3) is 3.70. The molecular weight excluding hydrogens is 380 g/mol. The largest absolute Gasteiger partial charge is 0.495 e. The number of non-ortho nitro benzene ring substituents is 1. The van der Waals surface area contributed by atoms with Gasteiger partial charge < -0.3 is 9.64 Å². The second-order valence-corrected chi connectivity index (χ2v) is 6.75. The number of nitrogens with zero attached hydrogens (tertiary/aromatic N) is 3. The van der Waals surface area contributed by atoms with Crippen molar-refractivity contribution in [3.63, 3.8) is 0 Å². The number of allylic oxidation sites excluding steroid dienone is 1. The molecule has 0 unspecified atom stereocenters. The molecule has 0 saturated heterocycles. The van der Waals surface area contributed by atoms with Crippen LogP contribution in [0, 0.1) is 20.2 Å². The Balaban J connectivity index is 2.61. The first-order valence-electron chi connectivity index (χ1n) is 6.43. The Morgan fingerprint density at radius 2 is 1.92 bits per heavy atom. The lowest BCUT2D eigenvalue weighted by Crippen LogP contribution is -2.33. The van der Waals surface area contributed by atoms with Gasteiger partial charge in [-0.3, -0.25) is 20.2 Å². The summed E-state index contributed by atoms with van der Waals surface area (Å²) in [5.41, 5.74) is -1.24. The number of primary sulfonamides is 1. The molecule has 0 spiro atoms. The highest BCUT2D eigenvalue weighted by atomic mass is 35.5. The van der Waals surface area contributed by atoms with Crippen molar-refractivity contribution in [1.82, 2.24) is 0 Å². The van der Waals surface area contributed by atoms with E-state index in [1.54, 1.807) is 0 Å². The summed E-state index contributed by atoms with van der Waals surface area (Å²) in [5, 5.41) is 27.1. The van der Waals surface area contributed by atoms with E-state index in [1.807, 2.05) is 0 Å². The fraction of sp³-hybridized carbons (Fsp3) is 0.167. The van der Waals surface area contributed by atoms with E-state index < -0.39 is 37.8 Å². The highest BCUT2D eigenvalue weighted by molar-refractivity contribution is 7.93. The zero-order valence-corrected chi connectivity index (χ0v) is 14.2. The molecule has 1 aromatic carbocycles. The molecule has 1 aliphatic heterocycles. The van der Waals surface area contributed by atoms with E-state index in [9.17, 15) is 28.6 Å². The molecule has 0 aliphatic carbocycles. The lowest BCUT2D eigenvalue weighted by molar-refractivity contribution is -0.393. The fourth-order valence-electron chi connectivity index (χ4n) is 2.17. The number of nitrogens with two attached hydrogens (primary N) is 1. The molecule has 25 heavy (non-hydrogen) atoms.